The molecule has 0 fully saturated rings. The van der Waals surface area contributed by atoms with E-state index in [2.05, 4.69) is 43.2 Å². The normalized spacial score (nSPS) is 12.2. The average molecular weight is 434 g/mol. The molecule has 2 nitrogen and oxygen atoms in total. The Morgan fingerprint density at radius 2 is 2.00 bits per heavy atom. The highest BCUT2D eigenvalue weighted by Gasteiger charge is 2.17. The Balaban J connectivity index is 2.35. The number of rotatable bonds is 5. The second kappa shape index (κ2) is 7.63. The molecule has 0 aliphatic heterocycles. The smallest absolute Gasteiger partial charge is 0.122 e. The highest BCUT2D eigenvalue weighted by molar-refractivity contribution is 9.10. The van der Waals surface area contributed by atoms with Crippen LogP contribution in [0.3, 0.4) is 0 Å². The van der Waals surface area contributed by atoms with Gasteiger partial charge in [0, 0.05) is 15.0 Å². The highest BCUT2D eigenvalue weighted by Crippen LogP contribution is 2.33. The zero-order chi connectivity index (χ0) is 15.4. The van der Waals surface area contributed by atoms with Crippen LogP contribution in [0, 0.1) is 0 Å². The summed E-state index contributed by atoms with van der Waals surface area (Å²) in [6.07, 6.45) is 0.787. The predicted molar refractivity (Wildman–Crippen MR) is 95.4 cm³/mol. The number of likely N-dealkylation sites (N-methyl/N-ethyl adjacent to an activating group) is 1. The van der Waals surface area contributed by atoms with E-state index in [9.17, 15) is 0 Å². The van der Waals surface area contributed by atoms with E-state index < -0.39 is 0 Å². The van der Waals surface area contributed by atoms with E-state index in [1.807, 2.05) is 37.4 Å². The van der Waals surface area contributed by atoms with Crippen LogP contribution in [-0.2, 0) is 6.42 Å². The lowest BCUT2D eigenvalue weighted by Crippen LogP contribution is -2.19. The van der Waals surface area contributed by atoms with Gasteiger partial charge >= 0.3 is 0 Å². The summed E-state index contributed by atoms with van der Waals surface area (Å²) >= 11 is 13.4. The van der Waals surface area contributed by atoms with Gasteiger partial charge in [0.25, 0.3) is 0 Å². The minimum absolute atomic E-state index is 0.109. The maximum absolute atomic E-state index is 6.41. The molecule has 0 aromatic heterocycles. The Hall–Kier alpha value is -0.550. The Bertz CT molecular complexity index is 634. The van der Waals surface area contributed by atoms with Crippen molar-refractivity contribution in [2.75, 3.05) is 14.2 Å². The van der Waals surface area contributed by atoms with Crippen LogP contribution >= 0.6 is 43.5 Å². The third kappa shape index (κ3) is 4.01. The Morgan fingerprint density at radius 3 is 2.67 bits per heavy atom. The second-order valence-electron chi connectivity index (χ2n) is 4.64. The average Bonchev–Trinajstić information content (AvgIpc) is 2.48. The standard InChI is InChI=1S/C16H16Br2ClNO/c1-20-14(12-4-3-5-13(18)16(12)19)9-10-8-11(17)6-7-15(10)21-2/h3-8,14,20H,9H2,1-2H3. The van der Waals surface area contributed by atoms with Crippen LogP contribution in [0.4, 0.5) is 0 Å². The van der Waals surface area contributed by atoms with Crippen molar-refractivity contribution in [3.05, 3.63) is 61.5 Å². The van der Waals surface area contributed by atoms with Gasteiger partial charge in [0.05, 0.1) is 12.1 Å². The molecule has 2 aromatic rings. The summed E-state index contributed by atoms with van der Waals surface area (Å²) in [6, 6.07) is 12.1. The van der Waals surface area contributed by atoms with Gasteiger partial charge < -0.3 is 10.1 Å². The molecule has 0 bridgehead atoms. The molecule has 0 aliphatic rings. The number of nitrogens with one attached hydrogen (secondary N) is 1. The number of benzene rings is 2. The van der Waals surface area contributed by atoms with Crippen molar-refractivity contribution < 1.29 is 4.74 Å². The zero-order valence-electron chi connectivity index (χ0n) is 11.8. The van der Waals surface area contributed by atoms with Gasteiger partial charge in [-0.2, -0.15) is 0 Å². The van der Waals surface area contributed by atoms with E-state index in [1.54, 1.807) is 7.11 Å². The van der Waals surface area contributed by atoms with Gasteiger partial charge in [-0.1, -0.05) is 39.7 Å². The van der Waals surface area contributed by atoms with E-state index in [0.717, 1.165) is 37.3 Å². The SMILES string of the molecule is CNC(Cc1cc(Br)ccc1OC)c1cccc(Br)c1Cl. The van der Waals surface area contributed by atoms with Gasteiger partial charge in [0.2, 0.25) is 0 Å². The van der Waals surface area contributed by atoms with E-state index in [4.69, 9.17) is 16.3 Å². The van der Waals surface area contributed by atoms with Crippen LogP contribution in [0.5, 0.6) is 5.75 Å². The summed E-state index contributed by atoms with van der Waals surface area (Å²) in [7, 11) is 3.62. The fourth-order valence-corrected chi connectivity index (χ4v) is 3.33. The van der Waals surface area contributed by atoms with Crippen molar-refractivity contribution in [1.29, 1.82) is 0 Å². The molecule has 0 saturated heterocycles. The molecule has 21 heavy (non-hydrogen) atoms. The molecule has 5 heteroatoms. The van der Waals surface area contributed by atoms with E-state index in [-0.39, 0.29) is 6.04 Å². The number of hydrogen-bond donors (Lipinski definition) is 1. The monoisotopic (exact) mass is 431 g/mol. The van der Waals surface area contributed by atoms with Crippen molar-refractivity contribution >= 4 is 43.5 Å². The van der Waals surface area contributed by atoms with Crippen LogP contribution < -0.4 is 10.1 Å². The maximum atomic E-state index is 6.41. The fraction of sp³-hybridized carbons (Fsp3) is 0.250. The molecule has 0 heterocycles. The van der Waals surface area contributed by atoms with Crippen molar-refractivity contribution in [2.24, 2.45) is 0 Å². The van der Waals surface area contributed by atoms with E-state index in [1.165, 1.54) is 0 Å². The molecule has 2 rings (SSSR count). The molecular formula is C16H16Br2ClNO. The molecule has 1 N–H and O–H groups in total. The first kappa shape index (κ1) is 16.8. The molecule has 0 saturated carbocycles. The zero-order valence-corrected chi connectivity index (χ0v) is 15.7. The topological polar surface area (TPSA) is 21.3 Å². The van der Waals surface area contributed by atoms with E-state index >= 15 is 0 Å². The van der Waals surface area contributed by atoms with Crippen molar-refractivity contribution in [3.63, 3.8) is 0 Å². The summed E-state index contributed by atoms with van der Waals surface area (Å²) in [4.78, 5) is 0. The lowest BCUT2D eigenvalue weighted by molar-refractivity contribution is 0.406. The van der Waals surface area contributed by atoms with Crippen molar-refractivity contribution in [3.8, 4) is 5.75 Å². The van der Waals surface area contributed by atoms with Crippen LogP contribution in [0.2, 0.25) is 5.02 Å². The van der Waals surface area contributed by atoms with E-state index in [0.29, 0.717) is 0 Å². The molecule has 2 aromatic carbocycles. The first-order valence-corrected chi connectivity index (χ1v) is 8.46. The van der Waals surface area contributed by atoms with Crippen LogP contribution in [0.15, 0.2) is 45.3 Å². The number of halogens is 3. The van der Waals surface area contributed by atoms with Gasteiger partial charge in [0.1, 0.15) is 5.75 Å². The third-order valence-electron chi connectivity index (χ3n) is 3.37. The number of hydrogen-bond acceptors (Lipinski definition) is 2. The van der Waals surface area contributed by atoms with Crippen LogP contribution in [-0.4, -0.2) is 14.2 Å². The van der Waals surface area contributed by atoms with Gasteiger partial charge in [-0.25, -0.2) is 0 Å². The van der Waals surface area contributed by atoms with Crippen LogP contribution in [0.25, 0.3) is 0 Å². The molecule has 1 atom stereocenters. The maximum Gasteiger partial charge on any atom is 0.122 e. The summed E-state index contributed by atoms with van der Waals surface area (Å²) in [5.41, 5.74) is 2.19. The first-order chi connectivity index (χ1) is 10.1. The molecule has 0 radical (unpaired) electrons. The largest absolute Gasteiger partial charge is 0.496 e. The molecule has 112 valence electrons. The highest BCUT2D eigenvalue weighted by atomic mass is 79.9. The minimum atomic E-state index is 0.109. The molecule has 0 spiro atoms. The quantitative estimate of drug-likeness (QED) is 0.684. The first-order valence-electron chi connectivity index (χ1n) is 6.50. The van der Waals surface area contributed by atoms with Crippen molar-refractivity contribution in [1.82, 2.24) is 5.32 Å². The van der Waals surface area contributed by atoms with Gasteiger partial charge in [0.15, 0.2) is 0 Å². The predicted octanol–water partition coefficient (Wildman–Crippen LogP) is 5.38. The van der Waals surface area contributed by atoms with Crippen LogP contribution in [0.1, 0.15) is 17.2 Å². The Labute approximate surface area is 147 Å². The molecule has 0 aliphatic carbocycles. The molecule has 0 amide bonds. The summed E-state index contributed by atoms with van der Waals surface area (Å²) in [5.74, 6) is 0.879. The summed E-state index contributed by atoms with van der Waals surface area (Å²) in [5, 5.41) is 4.07. The third-order valence-corrected chi connectivity index (χ3v) is 5.18. The molecular weight excluding hydrogens is 417 g/mol. The second-order valence-corrected chi connectivity index (χ2v) is 6.79. The van der Waals surface area contributed by atoms with Gasteiger partial charge in [-0.15, -0.1) is 0 Å². The lowest BCUT2D eigenvalue weighted by atomic mass is 9.98. The lowest BCUT2D eigenvalue weighted by Gasteiger charge is -2.20. The number of ether oxygens (including phenoxy) is 1. The molecule has 1 unspecified atom stereocenters. The Kier molecular flexibility index (Phi) is 6.11. The van der Waals surface area contributed by atoms with Gasteiger partial charge in [-0.3, -0.25) is 0 Å². The van der Waals surface area contributed by atoms with Gasteiger partial charge in [-0.05, 0) is 64.8 Å². The summed E-state index contributed by atoms with van der Waals surface area (Å²) in [6.45, 7) is 0. The number of methoxy groups -OCH3 is 1. The Morgan fingerprint density at radius 1 is 1.24 bits per heavy atom. The summed E-state index contributed by atoms with van der Waals surface area (Å²) < 4.78 is 7.39. The van der Waals surface area contributed by atoms with Crippen molar-refractivity contribution in [2.45, 2.75) is 12.5 Å². The fourth-order valence-electron chi connectivity index (χ4n) is 2.28. The minimum Gasteiger partial charge on any atom is -0.496 e.